The van der Waals surface area contributed by atoms with Gasteiger partial charge in [-0.25, -0.2) is 4.79 Å². The van der Waals surface area contributed by atoms with Gasteiger partial charge < -0.3 is 9.64 Å². The Morgan fingerprint density at radius 1 is 1.36 bits per heavy atom. The second-order valence-corrected chi connectivity index (χ2v) is 2.95. The summed E-state index contributed by atoms with van der Waals surface area (Å²) in [6.45, 7) is 10.7. The molecule has 0 fully saturated rings. The predicted molar refractivity (Wildman–Crippen MR) is 58.2 cm³/mol. The van der Waals surface area contributed by atoms with Gasteiger partial charge in [0.25, 0.3) is 0 Å². The summed E-state index contributed by atoms with van der Waals surface area (Å²) in [4.78, 5) is 13.0. The third-order valence-electron chi connectivity index (χ3n) is 1.68. The van der Waals surface area contributed by atoms with Gasteiger partial charge in [0.05, 0.1) is 6.61 Å². The smallest absolute Gasteiger partial charge is 0.410 e. The molecule has 14 heavy (non-hydrogen) atoms. The summed E-state index contributed by atoms with van der Waals surface area (Å²) >= 11 is 0. The van der Waals surface area contributed by atoms with E-state index in [-0.39, 0.29) is 6.09 Å². The highest BCUT2D eigenvalue weighted by Crippen LogP contribution is 1.97. The van der Waals surface area contributed by atoms with Crippen molar-refractivity contribution in [2.45, 2.75) is 19.8 Å². The summed E-state index contributed by atoms with van der Waals surface area (Å²) in [5, 5.41) is 0. The SMILES string of the molecule is C=CCN(CC=C)C(=O)OCCCC. The number of rotatable bonds is 7. The monoisotopic (exact) mass is 197 g/mol. The van der Waals surface area contributed by atoms with Crippen LogP contribution in [0, 0.1) is 0 Å². The van der Waals surface area contributed by atoms with Crippen LogP contribution in [0.1, 0.15) is 19.8 Å². The minimum absolute atomic E-state index is 0.293. The molecule has 0 radical (unpaired) electrons. The van der Waals surface area contributed by atoms with Crippen LogP contribution in [-0.2, 0) is 4.74 Å². The number of unbranched alkanes of at least 4 members (excludes halogenated alkanes) is 1. The third kappa shape index (κ3) is 5.41. The molecule has 0 aromatic rings. The van der Waals surface area contributed by atoms with E-state index in [1.807, 2.05) is 0 Å². The van der Waals surface area contributed by atoms with Gasteiger partial charge in [-0.15, -0.1) is 13.2 Å². The molecule has 0 aliphatic carbocycles. The molecule has 0 N–H and O–H groups in total. The van der Waals surface area contributed by atoms with Crippen molar-refractivity contribution in [3.05, 3.63) is 25.3 Å². The van der Waals surface area contributed by atoms with Crippen molar-refractivity contribution in [1.29, 1.82) is 0 Å². The maximum absolute atomic E-state index is 11.4. The zero-order chi connectivity index (χ0) is 10.8. The van der Waals surface area contributed by atoms with E-state index in [1.54, 1.807) is 17.1 Å². The number of ether oxygens (including phenoxy) is 1. The van der Waals surface area contributed by atoms with E-state index in [0.29, 0.717) is 19.7 Å². The van der Waals surface area contributed by atoms with Crippen LogP contribution in [0.2, 0.25) is 0 Å². The number of amides is 1. The fraction of sp³-hybridized carbons (Fsp3) is 0.545. The second-order valence-electron chi connectivity index (χ2n) is 2.95. The van der Waals surface area contributed by atoms with Crippen LogP contribution in [0.3, 0.4) is 0 Å². The Morgan fingerprint density at radius 3 is 2.36 bits per heavy atom. The Hall–Kier alpha value is -1.25. The van der Waals surface area contributed by atoms with Crippen molar-refractivity contribution in [3.8, 4) is 0 Å². The first kappa shape index (κ1) is 12.8. The van der Waals surface area contributed by atoms with Crippen molar-refractivity contribution < 1.29 is 9.53 Å². The highest BCUT2D eigenvalue weighted by Gasteiger charge is 2.10. The summed E-state index contributed by atoms with van der Waals surface area (Å²) in [5.41, 5.74) is 0. The maximum atomic E-state index is 11.4. The first-order chi connectivity index (χ1) is 6.76. The zero-order valence-electron chi connectivity index (χ0n) is 8.87. The van der Waals surface area contributed by atoms with E-state index in [4.69, 9.17) is 4.74 Å². The quantitative estimate of drug-likeness (QED) is 0.464. The third-order valence-corrected chi connectivity index (χ3v) is 1.68. The van der Waals surface area contributed by atoms with Gasteiger partial charge in [-0.05, 0) is 6.42 Å². The number of nitrogens with zero attached hydrogens (tertiary/aromatic N) is 1. The minimum Gasteiger partial charge on any atom is -0.449 e. The molecule has 0 aromatic carbocycles. The summed E-state index contributed by atoms with van der Waals surface area (Å²) in [6.07, 6.45) is 4.98. The van der Waals surface area contributed by atoms with Crippen LogP contribution in [0.25, 0.3) is 0 Å². The number of hydrogen-bond acceptors (Lipinski definition) is 2. The molecule has 1 amide bonds. The average Bonchev–Trinajstić information content (AvgIpc) is 2.18. The molecule has 80 valence electrons. The summed E-state index contributed by atoms with van der Waals surface area (Å²) in [5.74, 6) is 0. The minimum atomic E-state index is -0.293. The van der Waals surface area contributed by atoms with Crippen molar-refractivity contribution >= 4 is 6.09 Å². The molecular weight excluding hydrogens is 178 g/mol. The molecule has 3 nitrogen and oxygen atoms in total. The van der Waals surface area contributed by atoms with Gasteiger partial charge in [0.1, 0.15) is 0 Å². The fourth-order valence-corrected chi connectivity index (χ4v) is 0.930. The standard InChI is InChI=1S/C11H19NO2/c1-4-7-10-14-11(13)12(8-5-2)9-6-3/h5-6H,2-4,7-10H2,1H3. The van der Waals surface area contributed by atoms with Gasteiger partial charge in [-0.3, -0.25) is 0 Å². The van der Waals surface area contributed by atoms with Gasteiger partial charge in [0.15, 0.2) is 0 Å². The largest absolute Gasteiger partial charge is 0.449 e. The zero-order valence-corrected chi connectivity index (χ0v) is 8.87. The maximum Gasteiger partial charge on any atom is 0.410 e. The van der Waals surface area contributed by atoms with E-state index in [2.05, 4.69) is 20.1 Å². The Bertz CT molecular complexity index is 180. The first-order valence-electron chi connectivity index (χ1n) is 4.89. The summed E-state index contributed by atoms with van der Waals surface area (Å²) in [6, 6.07) is 0. The summed E-state index contributed by atoms with van der Waals surface area (Å²) in [7, 11) is 0. The molecule has 3 heteroatoms. The normalized spacial score (nSPS) is 9.21. The van der Waals surface area contributed by atoms with E-state index < -0.39 is 0 Å². The van der Waals surface area contributed by atoms with E-state index in [1.165, 1.54) is 0 Å². The fourth-order valence-electron chi connectivity index (χ4n) is 0.930. The molecule has 0 aliphatic heterocycles. The van der Waals surface area contributed by atoms with Crippen LogP contribution in [0.15, 0.2) is 25.3 Å². The molecular formula is C11H19NO2. The van der Waals surface area contributed by atoms with Gasteiger partial charge >= 0.3 is 6.09 Å². The molecule has 0 saturated heterocycles. The molecule has 0 aromatic heterocycles. The summed E-state index contributed by atoms with van der Waals surface area (Å²) < 4.78 is 5.04. The number of hydrogen-bond donors (Lipinski definition) is 0. The number of carbonyl (C=O) groups is 1. The van der Waals surface area contributed by atoms with Crippen molar-refractivity contribution in [3.63, 3.8) is 0 Å². The molecule has 0 rings (SSSR count). The second kappa shape index (κ2) is 8.35. The van der Waals surface area contributed by atoms with Crippen LogP contribution >= 0.6 is 0 Å². The molecule has 0 saturated carbocycles. The lowest BCUT2D eigenvalue weighted by molar-refractivity contribution is 0.109. The highest BCUT2D eigenvalue weighted by atomic mass is 16.6. The Morgan fingerprint density at radius 2 is 1.93 bits per heavy atom. The van der Waals surface area contributed by atoms with Crippen molar-refractivity contribution in [1.82, 2.24) is 4.90 Å². The van der Waals surface area contributed by atoms with Gasteiger partial charge in [-0.2, -0.15) is 0 Å². The first-order valence-corrected chi connectivity index (χ1v) is 4.89. The molecule has 0 unspecified atom stereocenters. The predicted octanol–water partition coefficient (Wildman–Crippen LogP) is 2.60. The lowest BCUT2D eigenvalue weighted by Gasteiger charge is -2.18. The van der Waals surface area contributed by atoms with Crippen LogP contribution in [-0.4, -0.2) is 30.7 Å². The van der Waals surface area contributed by atoms with Crippen LogP contribution in [0.5, 0.6) is 0 Å². The van der Waals surface area contributed by atoms with Gasteiger partial charge in [0.2, 0.25) is 0 Å². The Kier molecular flexibility index (Phi) is 7.61. The van der Waals surface area contributed by atoms with E-state index in [9.17, 15) is 4.79 Å². The lowest BCUT2D eigenvalue weighted by atomic mass is 10.4. The van der Waals surface area contributed by atoms with E-state index >= 15 is 0 Å². The van der Waals surface area contributed by atoms with E-state index in [0.717, 1.165) is 12.8 Å². The molecule has 0 heterocycles. The lowest BCUT2D eigenvalue weighted by Crippen LogP contribution is -2.32. The molecule has 0 atom stereocenters. The molecule has 0 spiro atoms. The van der Waals surface area contributed by atoms with Gasteiger partial charge in [-0.1, -0.05) is 25.5 Å². The van der Waals surface area contributed by atoms with Gasteiger partial charge in [0, 0.05) is 13.1 Å². The molecule has 0 bridgehead atoms. The Balaban J connectivity index is 3.87. The average molecular weight is 197 g/mol. The number of carbonyl (C=O) groups excluding carboxylic acids is 1. The molecule has 0 aliphatic rings. The topological polar surface area (TPSA) is 29.5 Å². The van der Waals surface area contributed by atoms with Crippen LogP contribution < -0.4 is 0 Å². The van der Waals surface area contributed by atoms with Crippen molar-refractivity contribution in [2.75, 3.05) is 19.7 Å². The highest BCUT2D eigenvalue weighted by molar-refractivity contribution is 5.67. The van der Waals surface area contributed by atoms with Crippen molar-refractivity contribution in [2.24, 2.45) is 0 Å². The Labute approximate surface area is 86.0 Å². The van der Waals surface area contributed by atoms with Crippen LogP contribution in [0.4, 0.5) is 4.79 Å².